The summed E-state index contributed by atoms with van der Waals surface area (Å²) < 4.78 is 0. The second kappa shape index (κ2) is 6.57. The van der Waals surface area contributed by atoms with Gasteiger partial charge in [0.05, 0.1) is 16.8 Å². The Balaban J connectivity index is 2.13. The summed E-state index contributed by atoms with van der Waals surface area (Å²) in [7, 11) is 0. The van der Waals surface area contributed by atoms with Crippen molar-refractivity contribution in [1.82, 2.24) is 15.3 Å². The lowest BCUT2D eigenvalue weighted by Crippen LogP contribution is -2.32. The number of para-hydroxylation sites is 1. The van der Waals surface area contributed by atoms with Gasteiger partial charge in [0, 0.05) is 29.4 Å². The van der Waals surface area contributed by atoms with Gasteiger partial charge in [-0.15, -0.1) is 0 Å². The Morgan fingerprint density at radius 3 is 2.65 bits per heavy atom. The first-order chi connectivity index (χ1) is 11.2. The van der Waals surface area contributed by atoms with Crippen molar-refractivity contribution in [2.75, 3.05) is 0 Å². The third-order valence-corrected chi connectivity index (χ3v) is 3.93. The van der Waals surface area contributed by atoms with Gasteiger partial charge in [-0.25, -0.2) is 4.98 Å². The van der Waals surface area contributed by atoms with Crippen molar-refractivity contribution in [1.29, 1.82) is 0 Å². The normalized spacial score (nSPS) is 12.1. The molecule has 3 aromatic rings. The molecular formula is C19H19N3O. The van der Waals surface area contributed by atoms with Crippen LogP contribution in [0.3, 0.4) is 0 Å². The van der Waals surface area contributed by atoms with Crippen LogP contribution >= 0.6 is 0 Å². The molecule has 0 fully saturated rings. The van der Waals surface area contributed by atoms with Gasteiger partial charge in [-0.2, -0.15) is 0 Å². The van der Waals surface area contributed by atoms with Crippen LogP contribution in [0.4, 0.5) is 0 Å². The zero-order chi connectivity index (χ0) is 16.2. The summed E-state index contributed by atoms with van der Waals surface area (Å²) in [6.07, 6.45) is 4.35. The first kappa shape index (κ1) is 15.2. The summed E-state index contributed by atoms with van der Waals surface area (Å²) in [4.78, 5) is 21.4. The minimum Gasteiger partial charge on any atom is -0.350 e. The number of pyridine rings is 2. The fourth-order valence-electron chi connectivity index (χ4n) is 2.44. The molecule has 0 bridgehead atoms. The molecule has 1 amide bonds. The van der Waals surface area contributed by atoms with E-state index in [2.05, 4.69) is 22.2 Å². The number of rotatable bonds is 4. The summed E-state index contributed by atoms with van der Waals surface area (Å²) in [5, 5.41) is 3.90. The van der Waals surface area contributed by atoms with Gasteiger partial charge in [0.15, 0.2) is 0 Å². The first-order valence-corrected chi connectivity index (χ1v) is 7.80. The molecule has 0 aliphatic heterocycles. The van der Waals surface area contributed by atoms with E-state index in [1.54, 1.807) is 12.4 Å². The summed E-state index contributed by atoms with van der Waals surface area (Å²) in [5.41, 5.74) is 3.20. The molecule has 4 nitrogen and oxygen atoms in total. The van der Waals surface area contributed by atoms with Gasteiger partial charge in [-0.3, -0.25) is 9.78 Å². The highest BCUT2D eigenvalue weighted by Crippen LogP contribution is 2.24. The molecule has 0 aliphatic rings. The number of benzene rings is 1. The molecule has 0 saturated heterocycles. The van der Waals surface area contributed by atoms with E-state index in [-0.39, 0.29) is 11.9 Å². The van der Waals surface area contributed by atoms with Crippen LogP contribution in [0.2, 0.25) is 0 Å². The van der Waals surface area contributed by atoms with Crippen LogP contribution < -0.4 is 5.32 Å². The third-order valence-electron chi connectivity index (χ3n) is 3.93. The quantitative estimate of drug-likeness (QED) is 0.797. The Morgan fingerprint density at radius 2 is 1.91 bits per heavy atom. The highest BCUT2D eigenvalue weighted by molar-refractivity contribution is 6.07. The predicted molar refractivity (Wildman–Crippen MR) is 92.2 cm³/mol. The molecule has 23 heavy (non-hydrogen) atoms. The van der Waals surface area contributed by atoms with E-state index < -0.39 is 0 Å². The Labute approximate surface area is 135 Å². The van der Waals surface area contributed by atoms with Crippen LogP contribution in [-0.2, 0) is 0 Å². The lowest BCUT2D eigenvalue weighted by molar-refractivity contribution is 0.0941. The van der Waals surface area contributed by atoms with Crippen molar-refractivity contribution < 1.29 is 4.79 Å². The van der Waals surface area contributed by atoms with E-state index in [0.717, 1.165) is 28.6 Å². The maximum Gasteiger partial charge on any atom is 0.252 e. The van der Waals surface area contributed by atoms with E-state index in [0.29, 0.717) is 5.56 Å². The predicted octanol–water partition coefficient (Wildman–Crippen LogP) is 3.83. The van der Waals surface area contributed by atoms with Crippen LogP contribution in [-0.4, -0.2) is 21.9 Å². The Hall–Kier alpha value is -2.75. The van der Waals surface area contributed by atoms with Crippen LogP contribution in [0.1, 0.15) is 30.6 Å². The molecule has 0 saturated carbocycles. The number of hydrogen-bond acceptors (Lipinski definition) is 3. The monoisotopic (exact) mass is 305 g/mol. The molecule has 0 spiro atoms. The first-order valence-electron chi connectivity index (χ1n) is 7.80. The topological polar surface area (TPSA) is 54.9 Å². The second-order valence-corrected chi connectivity index (χ2v) is 5.59. The van der Waals surface area contributed by atoms with Crippen LogP contribution in [0.15, 0.2) is 54.9 Å². The van der Waals surface area contributed by atoms with E-state index in [4.69, 9.17) is 0 Å². The molecule has 2 heterocycles. The average molecular weight is 305 g/mol. The molecule has 0 unspecified atom stereocenters. The molecule has 3 rings (SSSR count). The van der Waals surface area contributed by atoms with Gasteiger partial charge in [0.1, 0.15) is 0 Å². The molecule has 0 radical (unpaired) electrons. The lowest BCUT2D eigenvalue weighted by Gasteiger charge is -2.14. The molecule has 116 valence electrons. The number of hydrogen-bond donors (Lipinski definition) is 1. The minimum absolute atomic E-state index is 0.0618. The van der Waals surface area contributed by atoms with Crippen molar-refractivity contribution in [2.45, 2.75) is 26.3 Å². The smallest absolute Gasteiger partial charge is 0.252 e. The number of fused-ring (bicyclic) bond motifs is 1. The number of carbonyl (C=O) groups is 1. The van der Waals surface area contributed by atoms with Crippen LogP contribution in [0, 0.1) is 0 Å². The zero-order valence-electron chi connectivity index (χ0n) is 13.3. The molecule has 2 aromatic heterocycles. The number of nitrogens with one attached hydrogen (secondary N) is 1. The standard InChI is InChI=1S/C19H19N3O/c1-3-13(2)21-19(23)16-12-18(14-8-10-20-11-9-14)22-17-7-5-4-6-15(16)17/h4-13H,3H2,1-2H3,(H,21,23)/t13-/m0/s1. The van der Waals surface area contributed by atoms with Crippen molar-refractivity contribution in [2.24, 2.45) is 0 Å². The van der Waals surface area contributed by atoms with Gasteiger partial charge in [-0.1, -0.05) is 25.1 Å². The SMILES string of the molecule is CC[C@H](C)NC(=O)c1cc(-c2ccncc2)nc2ccccc12. The molecule has 0 aliphatic carbocycles. The van der Waals surface area contributed by atoms with Gasteiger partial charge in [0.25, 0.3) is 5.91 Å². The third kappa shape index (κ3) is 3.21. The van der Waals surface area contributed by atoms with Crippen molar-refractivity contribution in [3.05, 3.63) is 60.4 Å². The Kier molecular flexibility index (Phi) is 4.33. The van der Waals surface area contributed by atoms with Gasteiger partial charge in [0.2, 0.25) is 0 Å². The molecule has 1 atom stereocenters. The average Bonchev–Trinajstić information content (AvgIpc) is 2.61. The second-order valence-electron chi connectivity index (χ2n) is 5.59. The maximum atomic E-state index is 12.7. The molecule has 4 heteroatoms. The fraction of sp³-hybridized carbons (Fsp3) is 0.211. The van der Waals surface area contributed by atoms with Crippen molar-refractivity contribution in [3.63, 3.8) is 0 Å². The van der Waals surface area contributed by atoms with Crippen LogP contribution in [0.25, 0.3) is 22.2 Å². The highest BCUT2D eigenvalue weighted by atomic mass is 16.1. The van der Waals surface area contributed by atoms with E-state index >= 15 is 0 Å². The lowest BCUT2D eigenvalue weighted by atomic mass is 10.0. The number of aromatic nitrogens is 2. The molecule has 1 aromatic carbocycles. The molecule has 1 N–H and O–H groups in total. The Bertz CT molecular complexity index is 830. The summed E-state index contributed by atoms with van der Waals surface area (Å²) in [5.74, 6) is -0.0618. The van der Waals surface area contributed by atoms with Crippen LogP contribution in [0.5, 0.6) is 0 Å². The van der Waals surface area contributed by atoms with E-state index in [1.165, 1.54) is 0 Å². The maximum absolute atomic E-state index is 12.7. The summed E-state index contributed by atoms with van der Waals surface area (Å²) in [6, 6.07) is 13.5. The van der Waals surface area contributed by atoms with E-state index in [1.807, 2.05) is 49.4 Å². The van der Waals surface area contributed by atoms with Gasteiger partial charge < -0.3 is 5.32 Å². The fourth-order valence-corrected chi connectivity index (χ4v) is 2.44. The highest BCUT2D eigenvalue weighted by Gasteiger charge is 2.15. The summed E-state index contributed by atoms with van der Waals surface area (Å²) >= 11 is 0. The Morgan fingerprint density at radius 1 is 1.17 bits per heavy atom. The number of carbonyl (C=O) groups excluding carboxylic acids is 1. The van der Waals surface area contributed by atoms with Gasteiger partial charge in [-0.05, 0) is 37.6 Å². The van der Waals surface area contributed by atoms with Gasteiger partial charge >= 0.3 is 0 Å². The zero-order valence-corrected chi connectivity index (χ0v) is 13.3. The molecular weight excluding hydrogens is 286 g/mol. The summed E-state index contributed by atoms with van der Waals surface area (Å²) in [6.45, 7) is 4.06. The number of amides is 1. The van der Waals surface area contributed by atoms with Crippen molar-refractivity contribution >= 4 is 16.8 Å². The number of nitrogens with zero attached hydrogens (tertiary/aromatic N) is 2. The van der Waals surface area contributed by atoms with E-state index in [9.17, 15) is 4.79 Å². The van der Waals surface area contributed by atoms with Crippen molar-refractivity contribution in [3.8, 4) is 11.3 Å². The minimum atomic E-state index is -0.0618. The largest absolute Gasteiger partial charge is 0.350 e.